The molecule has 1 fully saturated rings. The van der Waals surface area contributed by atoms with E-state index in [9.17, 15) is 0 Å². The zero-order valence-electron chi connectivity index (χ0n) is 4.67. The molecular formula is C4H10N4. The lowest BCUT2D eigenvalue weighted by Crippen LogP contribution is -2.32. The van der Waals surface area contributed by atoms with Gasteiger partial charge in [0.2, 0.25) is 0 Å². The van der Waals surface area contributed by atoms with Gasteiger partial charge in [-0.15, -0.1) is 0 Å². The first-order chi connectivity index (χ1) is 3.84. The van der Waals surface area contributed by atoms with Crippen molar-refractivity contribution in [1.82, 2.24) is 5.01 Å². The third-order valence-electron chi connectivity index (χ3n) is 1.28. The van der Waals surface area contributed by atoms with Crippen molar-refractivity contribution in [2.45, 2.75) is 12.8 Å². The van der Waals surface area contributed by atoms with Gasteiger partial charge in [0, 0.05) is 13.0 Å². The Labute approximate surface area is 48.1 Å². The van der Waals surface area contributed by atoms with Crippen molar-refractivity contribution in [2.24, 2.45) is 16.8 Å². The van der Waals surface area contributed by atoms with E-state index < -0.39 is 0 Å². The zero-order valence-corrected chi connectivity index (χ0v) is 4.67. The molecule has 1 rings (SSSR count). The maximum absolute atomic E-state index is 5.41. The van der Waals surface area contributed by atoms with Gasteiger partial charge < -0.3 is 5.84 Å². The van der Waals surface area contributed by atoms with Gasteiger partial charge in [-0.25, -0.2) is 5.84 Å². The third-order valence-corrected chi connectivity index (χ3v) is 1.28. The summed E-state index contributed by atoms with van der Waals surface area (Å²) in [5.41, 5.74) is 0. The van der Waals surface area contributed by atoms with Crippen molar-refractivity contribution < 1.29 is 0 Å². The second kappa shape index (κ2) is 2.00. The fourth-order valence-corrected chi connectivity index (χ4v) is 0.819. The number of hydrogen-bond donors (Lipinski definition) is 2. The molecule has 0 radical (unpaired) electrons. The minimum Gasteiger partial charge on any atom is -0.322 e. The monoisotopic (exact) mass is 114 g/mol. The van der Waals surface area contributed by atoms with Gasteiger partial charge in [0.25, 0.3) is 0 Å². The van der Waals surface area contributed by atoms with Crippen LogP contribution in [-0.2, 0) is 0 Å². The Bertz CT molecular complexity index is 109. The molecule has 0 saturated carbocycles. The topological polar surface area (TPSA) is 67.6 Å². The van der Waals surface area contributed by atoms with E-state index in [2.05, 4.69) is 5.10 Å². The molecule has 0 aromatic carbocycles. The predicted octanol–water partition coefficient (Wildman–Crippen LogP) is -0.772. The molecule has 0 aliphatic carbocycles. The van der Waals surface area contributed by atoms with Gasteiger partial charge in [-0.2, -0.15) is 5.10 Å². The molecule has 1 saturated heterocycles. The molecule has 4 nitrogen and oxygen atoms in total. The lowest BCUT2D eigenvalue weighted by atomic mass is 10.4. The zero-order chi connectivity index (χ0) is 5.98. The van der Waals surface area contributed by atoms with Crippen LogP contribution in [0.25, 0.3) is 0 Å². The smallest absolute Gasteiger partial charge is 0.138 e. The summed E-state index contributed by atoms with van der Waals surface area (Å²) in [6, 6.07) is 0. The Kier molecular flexibility index (Phi) is 1.34. The second-order valence-corrected chi connectivity index (χ2v) is 1.84. The van der Waals surface area contributed by atoms with Crippen molar-refractivity contribution in [3.63, 3.8) is 0 Å². The van der Waals surface area contributed by atoms with E-state index >= 15 is 0 Å². The molecule has 4 N–H and O–H groups in total. The maximum Gasteiger partial charge on any atom is 0.138 e. The molecule has 0 atom stereocenters. The Hall–Kier alpha value is -0.770. The summed E-state index contributed by atoms with van der Waals surface area (Å²) < 4.78 is 0. The largest absolute Gasteiger partial charge is 0.322 e. The van der Waals surface area contributed by atoms with E-state index in [1.54, 1.807) is 5.01 Å². The summed E-state index contributed by atoms with van der Waals surface area (Å²) in [6.45, 7) is 0.885. The number of nitrogens with two attached hydrogens (primary N) is 2. The first-order valence-corrected chi connectivity index (χ1v) is 2.63. The van der Waals surface area contributed by atoms with Crippen LogP contribution in [0.1, 0.15) is 12.8 Å². The van der Waals surface area contributed by atoms with Gasteiger partial charge in [0.1, 0.15) is 5.84 Å². The van der Waals surface area contributed by atoms with E-state index in [1.165, 1.54) is 0 Å². The lowest BCUT2D eigenvalue weighted by Gasteiger charge is -2.07. The van der Waals surface area contributed by atoms with Gasteiger partial charge in [-0.1, -0.05) is 0 Å². The summed E-state index contributed by atoms with van der Waals surface area (Å²) in [4.78, 5) is 0. The molecule has 1 aliphatic rings. The molecular weight excluding hydrogens is 104 g/mol. The number of hydrogen-bond acceptors (Lipinski definition) is 3. The van der Waals surface area contributed by atoms with E-state index in [1.807, 2.05) is 0 Å². The molecule has 0 bridgehead atoms. The van der Waals surface area contributed by atoms with Crippen LogP contribution in [-0.4, -0.2) is 17.4 Å². The quantitative estimate of drug-likeness (QED) is 0.321. The van der Waals surface area contributed by atoms with Crippen LogP contribution in [0.15, 0.2) is 5.10 Å². The minimum absolute atomic E-state index is 0.810. The highest BCUT2D eigenvalue weighted by atomic mass is 15.5. The van der Waals surface area contributed by atoms with E-state index in [0.717, 1.165) is 25.2 Å². The van der Waals surface area contributed by atoms with Crippen LogP contribution < -0.4 is 11.7 Å². The van der Waals surface area contributed by atoms with Crippen molar-refractivity contribution in [1.29, 1.82) is 0 Å². The number of amidine groups is 1. The van der Waals surface area contributed by atoms with Crippen LogP contribution >= 0.6 is 0 Å². The molecule has 1 heterocycles. The maximum atomic E-state index is 5.41. The number of nitrogens with zero attached hydrogens (tertiary/aromatic N) is 2. The van der Waals surface area contributed by atoms with E-state index in [4.69, 9.17) is 11.7 Å². The average molecular weight is 114 g/mol. The predicted molar refractivity (Wildman–Crippen MR) is 31.7 cm³/mol. The Morgan fingerprint density at radius 3 is 2.62 bits per heavy atom. The summed E-state index contributed by atoms with van der Waals surface area (Å²) in [6.07, 6.45) is 2.00. The standard InChI is InChI=1S/C4H10N4/c5-7-4-2-1-3-8(4)6/h1-3,5-6H2/b7-4-. The Morgan fingerprint density at radius 1 is 1.62 bits per heavy atom. The summed E-state index contributed by atoms with van der Waals surface area (Å²) >= 11 is 0. The number of hydrazine groups is 1. The highest BCUT2D eigenvalue weighted by Crippen LogP contribution is 2.04. The molecule has 0 aromatic rings. The Morgan fingerprint density at radius 2 is 2.38 bits per heavy atom. The van der Waals surface area contributed by atoms with Crippen LogP contribution in [0.2, 0.25) is 0 Å². The number of rotatable bonds is 0. The number of hydrazone groups is 1. The van der Waals surface area contributed by atoms with Crippen molar-refractivity contribution >= 4 is 5.84 Å². The normalized spacial score (nSPS) is 25.1. The van der Waals surface area contributed by atoms with E-state index in [-0.39, 0.29) is 0 Å². The van der Waals surface area contributed by atoms with Crippen LogP contribution in [0, 0.1) is 0 Å². The van der Waals surface area contributed by atoms with Crippen LogP contribution in [0.5, 0.6) is 0 Å². The SMILES string of the molecule is N/N=C1/CCCN1N. The molecule has 0 aromatic heterocycles. The van der Waals surface area contributed by atoms with Crippen molar-refractivity contribution in [3.05, 3.63) is 0 Å². The molecule has 4 heteroatoms. The van der Waals surface area contributed by atoms with Crippen molar-refractivity contribution in [3.8, 4) is 0 Å². The molecule has 0 unspecified atom stereocenters. The van der Waals surface area contributed by atoms with Crippen LogP contribution in [0.3, 0.4) is 0 Å². The summed E-state index contributed by atoms with van der Waals surface area (Å²) in [5.74, 6) is 11.2. The third kappa shape index (κ3) is 0.742. The Balaban J connectivity index is 2.55. The van der Waals surface area contributed by atoms with Gasteiger partial charge in [0.15, 0.2) is 0 Å². The fourth-order valence-electron chi connectivity index (χ4n) is 0.819. The summed E-state index contributed by atoms with van der Waals surface area (Å²) in [7, 11) is 0. The second-order valence-electron chi connectivity index (χ2n) is 1.84. The minimum atomic E-state index is 0.810. The van der Waals surface area contributed by atoms with Crippen molar-refractivity contribution in [2.75, 3.05) is 6.54 Å². The van der Waals surface area contributed by atoms with Gasteiger partial charge in [-0.3, -0.25) is 5.01 Å². The fraction of sp³-hybridized carbons (Fsp3) is 0.750. The molecule has 0 spiro atoms. The first-order valence-electron chi connectivity index (χ1n) is 2.63. The van der Waals surface area contributed by atoms with E-state index in [0.29, 0.717) is 0 Å². The molecule has 0 amide bonds. The van der Waals surface area contributed by atoms with Crippen LogP contribution in [0.4, 0.5) is 0 Å². The van der Waals surface area contributed by atoms with Gasteiger partial charge in [0.05, 0.1) is 0 Å². The van der Waals surface area contributed by atoms with Gasteiger partial charge >= 0.3 is 0 Å². The lowest BCUT2D eigenvalue weighted by molar-refractivity contribution is 0.478. The average Bonchev–Trinajstić information content (AvgIpc) is 2.14. The highest BCUT2D eigenvalue weighted by Gasteiger charge is 2.13. The molecule has 46 valence electrons. The first kappa shape index (κ1) is 5.37. The summed E-state index contributed by atoms with van der Waals surface area (Å²) in [5, 5.41) is 5.07. The molecule has 8 heavy (non-hydrogen) atoms. The molecule has 1 aliphatic heterocycles. The highest BCUT2D eigenvalue weighted by molar-refractivity contribution is 5.83. The van der Waals surface area contributed by atoms with Gasteiger partial charge in [-0.05, 0) is 6.42 Å².